The van der Waals surface area contributed by atoms with Gasteiger partial charge in [-0.3, -0.25) is 0 Å². The fraction of sp³-hybridized carbons (Fsp3) is 0.500. The standard InChI is InChI=1S/C12H19N5O3S2/c1-17(2)7-9-3-4-10(20-9)8-21-6-5-14-12-11(13)15-22(18,19)16-12/h3-4H,5-8H2,1-2H3,(H2,13,15)(H,14,16). The lowest BCUT2D eigenvalue weighted by Crippen LogP contribution is -2.35. The van der Waals surface area contributed by atoms with Gasteiger partial charge >= 0.3 is 10.2 Å². The highest BCUT2D eigenvalue weighted by atomic mass is 32.2. The molecule has 3 N–H and O–H groups in total. The monoisotopic (exact) mass is 345 g/mol. The van der Waals surface area contributed by atoms with E-state index in [0.29, 0.717) is 6.54 Å². The Morgan fingerprint density at radius 3 is 2.68 bits per heavy atom. The van der Waals surface area contributed by atoms with Crippen molar-refractivity contribution in [2.24, 2.45) is 14.5 Å². The third-order valence-electron chi connectivity index (χ3n) is 2.64. The fourth-order valence-corrected chi connectivity index (χ4v) is 3.30. The first-order valence-corrected chi connectivity index (χ1v) is 9.15. The van der Waals surface area contributed by atoms with Gasteiger partial charge in [-0.15, -0.1) is 8.80 Å². The molecule has 0 radical (unpaired) electrons. The smallest absolute Gasteiger partial charge is 0.367 e. The number of hydrogen-bond donors (Lipinski definition) is 2. The van der Waals surface area contributed by atoms with Gasteiger partial charge in [0.25, 0.3) is 0 Å². The Balaban J connectivity index is 1.68. The first kappa shape index (κ1) is 16.8. The van der Waals surface area contributed by atoms with Crippen LogP contribution < -0.4 is 11.1 Å². The van der Waals surface area contributed by atoms with Gasteiger partial charge in [0, 0.05) is 12.3 Å². The Bertz CT molecular complexity index is 679. The second-order valence-electron chi connectivity index (χ2n) is 4.95. The van der Waals surface area contributed by atoms with Crippen LogP contribution in [0.2, 0.25) is 0 Å². The summed E-state index contributed by atoms with van der Waals surface area (Å²) in [6.07, 6.45) is 0. The van der Waals surface area contributed by atoms with Crippen molar-refractivity contribution in [3.05, 3.63) is 23.7 Å². The zero-order valence-electron chi connectivity index (χ0n) is 12.4. The summed E-state index contributed by atoms with van der Waals surface area (Å²) in [7, 11) is 0.204. The van der Waals surface area contributed by atoms with Crippen LogP contribution in [0, 0.1) is 0 Å². The molecular weight excluding hydrogens is 326 g/mol. The van der Waals surface area contributed by atoms with Crippen LogP contribution in [-0.4, -0.2) is 51.4 Å². The number of nitrogens with one attached hydrogen (secondary N) is 1. The van der Waals surface area contributed by atoms with Gasteiger partial charge in [0.15, 0.2) is 11.7 Å². The summed E-state index contributed by atoms with van der Waals surface area (Å²) in [5, 5.41) is 2.86. The molecule has 0 fully saturated rings. The molecule has 0 unspecified atom stereocenters. The summed E-state index contributed by atoms with van der Waals surface area (Å²) in [6, 6.07) is 3.95. The summed E-state index contributed by atoms with van der Waals surface area (Å²) in [4.78, 5) is 2.04. The molecule has 0 spiro atoms. The minimum Gasteiger partial charge on any atom is -0.464 e. The van der Waals surface area contributed by atoms with Crippen molar-refractivity contribution in [3.63, 3.8) is 0 Å². The van der Waals surface area contributed by atoms with Crippen molar-refractivity contribution in [2.45, 2.75) is 12.3 Å². The summed E-state index contributed by atoms with van der Waals surface area (Å²) < 4.78 is 34.5. The second-order valence-corrected chi connectivity index (χ2v) is 7.32. The lowest BCUT2D eigenvalue weighted by Gasteiger charge is -2.06. The molecule has 22 heavy (non-hydrogen) atoms. The summed E-state index contributed by atoms with van der Waals surface area (Å²) in [5.41, 5.74) is 5.45. The van der Waals surface area contributed by atoms with Crippen molar-refractivity contribution >= 4 is 33.6 Å². The Morgan fingerprint density at radius 1 is 1.32 bits per heavy atom. The lowest BCUT2D eigenvalue weighted by molar-refractivity contribution is 0.344. The molecule has 0 saturated carbocycles. The highest BCUT2D eigenvalue weighted by molar-refractivity contribution is 7.98. The van der Waals surface area contributed by atoms with E-state index >= 15 is 0 Å². The van der Waals surface area contributed by atoms with Crippen LogP contribution >= 0.6 is 11.8 Å². The van der Waals surface area contributed by atoms with Gasteiger partial charge in [-0.1, -0.05) is 0 Å². The van der Waals surface area contributed by atoms with Gasteiger partial charge in [0.1, 0.15) is 11.5 Å². The van der Waals surface area contributed by atoms with Gasteiger partial charge in [-0.05, 0) is 26.2 Å². The molecule has 8 nitrogen and oxygen atoms in total. The van der Waals surface area contributed by atoms with Crippen LogP contribution in [0.5, 0.6) is 0 Å². The zero-order valence-corrected chi connectivity index (χ0v) is 14.1. The van der Waals surface area contributed by atoms with Gasteiger partial charge in [-0.25, -0.2) is 0 Å². The molecule has 122 valence electrons. The normalized spacial score (nSPS) is 16.7. The van der Waals surface area contributed by atoms with Crippen molar-refractivity contribution in [1.82, 2.24) is 10.2 Å². The van der Waals surface area contributed by atoms with E-state index < -0.39 is 10.2 Å². The molecular formula is C12H19N5O3S2. The van der Waals surface area contributed by atoms with E-state index in [2.05, 4.69) is 14.1 Å². The molecule has 0 bridgehead atoms. The Labute approximate surface area is 134 Å². The molecule has 2 rings (SSSR count). The number of nitrogens with two attached hydrogens (primary N) is 1. The van der Waals surface area contributed by atoms with E-state index in [9.17, 15) is 8.42 Å². The number of amidine groups is 2. The predicted molar refractivity (Wildman–Crippen MR) is 88.2 cm³/mol. The molecule has 1 aliphatic rings. The average molecular weight is 345 g/mol. The number of rotatable bonds is 7. The molecule has 1 aromatic rings. The SMILES string of the molecule is CN(C)Cc1ccc(CSCCNC2=NS(=O)(=O)N=C2N)o1. The van der Waals surface area contributed by atoms with E-state index in [-0.39, 0.29) is 11.7 Å². The quantitative estimate of drug-likeness (QED) is 0.678. The molecule has 2 heterocycles. The first-order valence-electron chi connectivity index (χ1n) is 6.60. The maximum Gasteiger partial charge on any atom is 0.367 e. The summed E-state index contributed by atoms with van der Waals surface area (Å²) in [6.45, 7) is 1.32. The number of nitrogens with zero attached hydrogens (tertiary/aromatic N) is 3. The maximum atomic E-state index is 11.1. The molecule has 0 aromatic carbocycles. The molecule has 1 aliphatic heterocycles. The Hall–Kier alpha value is -1.52. The van der Waals surface area contributed by atoms with Crippen LogP contribution in [0.3, 0.4) is 0 Å². The largest absolute Gasteiger partial charge is 0.464 e. The van der Waals surface area contributed by atoms with Gasteiger partial charge < -0.3 is 20.4 Å². The molecule has 0 amide bonds. The van der Waals surface area contributed by atoms with Crippen molar-refractivity contribution < 1.29 is 12.8 Å². The van der Waals surface area contributed by atoms with Crippen LogP contribution in [-0.2, 0) is 22.5 Å². The molecule has 1 aromatic heterocycles. The maximum absolute atomic E-state index is 11.1. The number of furan rings is 1. The predicted octanol–water partition coefficient (Wildman–Crippen LogP) is 0.178. The van der Waals surface area contributed by atoms with Gasteiger partial charge in [-0.2, -0.15) is 20.2 Å². The first-order chi connectivity index (χ1) is 10.4. The highest BCUT2D eigenvalue weighted by Crippen LogP contribution is 2.16. The van der Waals surface area contributed by atoms with Gasteiger partial charge in [0.2, 0.25) is 0 Å². The molecule has 0 saturated heterocycles. The number of thioether (sulfide) groups is 1. The second kappa shape index (κ2) is 7.16. The van der Waals surface area contributed by atoms with Crippen molar-refractivity contribution in [3.8, 4) is 0 Å². The molecule has 0 atom stereocenters. The highest BCUT2D eigenvalue weighted by Gasteiger charge is 2.20. The topological polar surface area (TPSA) is 113 Å². The van der Waals surface area contributed by atoms with Crippen molar-refractivity contribution in [1.29, 1.82) is 0 Å². The third-order valence-corrected chi connectivity index (χ3v) is 4.46. The third kappa shape index (κ3) is 5.04. The summed E-state index contributed by atoms with van der Waals surface area (Å²) >= 11 is 1.67. The zero-order chi connectivity index (χ0) is 16.2. The van der Waals surface area contributed by atoms with E-state index in [4.69, 9.17) is 10.2 Å². The Kier molecular flexibility index (Phi) is 5.48. The van der Waals surface area contributed by atoms with Crippen LogP contribution in [0.15, 0.2) is 25.3 Å². The van der Waals surface area contributed by atoms with E-state index in [0.717, 1.165) is 29.6 Å². The molecule has 0 aliphatic carbocycles. The van der Waals surface area contributed by atoms with Crippen LogP contribution in [0.1, 0.15) is 11.5 Å². The minimum absolute atomic E-state index is 0.0932. The van der Waals surface area contributed by atoms with E-state index in [1.54, 1.807) is 11.8 Å². The molecule has 10 heteroatoms. The van der Waals surface area contributed by atoms with E-state index in [1.807, 2.05) is 31.1 Å². The van der Waals surface area contributed by atoms with Crippen molar-refractivity contribution in [2.75, 3.05) is 26.4 Å². The average Bonchev–Trinajstić information content (AvgIpc) is 2.92. The fourth-order valence-electron chi connectivity index (χ4n) is 1.78. The minimum atomic E-state index is -3.77. The Morgan fingerprint density at radius 2 is 2.05 bits per heavy atom. The van der Waals surface area contributed by atoms with Crippen LogP contribution in [0.4, 0.5) is 0 Å². The number of hydrogen-bond acceptors (Lipinski definition) is 7. The summed E-state index contributed by atoms with van der Waals surface area (Å²) in [5.74, 6) is 3.40. The van der Waals surface area contributed by atoms with E-state index in [1.165, 1.54) is 0 Å². The van der Waals surface area contributed by atoms with Gasteiger partial charge in [0.05, 0.1) is 12.3 Å². The lowest BCUT2D eigenvalue weighted by atomic mass is 10.4. The van der Waals surface area contributed by atoms with Crippen LogP contribution in [0.25, 0.3) is 0 Å².